The fraction of sp³-hybridized carbons (Fsp3) is 0.333. The quantitative estimate of drug-likeness (QED) is 0.584. The molecule has 0 heterocycles. The van der Waals surface area contributed by atoms with Gasteiger partial charge in [0.25, 0.3) is 5.91 Å². The van der Waals surface area contributed by atoms with E-state index in [1.807, 2.05) is 0 Å². The molecule has 0 aliphatic carbocycles. The first-order valence-electron chi connectivity index (χ1n) is 5.40. The van der Waals surface area contributed by atoms with E-state index in [-0.39, 0.29) is 17.8 Å². The van der Waals surface area contributed by atoms with Crippen molar-refractivity contribution in [1.29, 1.82) is 0 Å². The summed E-state index contributed by atoms with van der Waals surface area (Å²) < 4.78 is 14.5. The number of ether oxygens (including phenoxy) is 3. The lowest BCUT2D eigenvalue weighted by molar-refractivity contribution is -0.139. The maximum Gasteiger partial charge on any atom is 0.325 e. The second-order valence-electron chi connectivity index (χ2n) is 3.55. The van der Waals surface area contributed by atoms with Crippen molar-refractivity contribution in [2.24, 2.45) is 0 Å². The van der Waals surface area contributed by atoms with Crippen molar-refractivity contribution < 1.29 is 23.8 Å². The number of nitrogens with two attached hydrogens (primary N) is 1. The van der Waals surface area contributed by atoms with Gasteiger partial charge in [-0.05, 0) is 6.07 Å². The predicted octanol–water partition coefficient (Wildman–Crippen LogP) is 0.189. The molecule has 7 heteroatoms. The zero-order valence-corrected chi connectivity index (χ0v) is 11.0. The summed E-state index contributed by atoms with van der Waals surface area (Å²) in [5.41, 5.74) is 6.14. The van der Waals surface area contributed by atoms with Crippen LogP contribution >= 0.6 is 0 Å². The van der Waals surface area contributed by atoms with Gasteiger partial charge < -0.3 is 25.3 Å². The van der Waals surface area contributed by atoms with Crippen LogP contribution in [0.1, 0.15) is 10.4 Å². The fourth-order valence-corrected chi connectivity index (χ4v) is 1.40. The molecular weight excluding hydrogens is 252 g/mol. The number of methoxy groups -OCH3 is 3. The number of nitrogens with one attached hydrogen (secondary N) is 1. The SMILES string of the molecule is COC(=O)CNC(=O)c1cc(OC)cc(OC)c1N. The molecule has 7 nitrogen and oxygen atoms in total. The third-order valence-corrected chi connectivity index (χ3v) is 2.44. The standard InChI is InChI=1S/C12H16N2O5/c1-17-7-4-8(11(13)9(5-7)18-2)12(16)14-6-10(15)19-3/h4-5H,6,13H2,1-3H3,(H,14,16). The number of benzene rings is 1. The number of amides is 1. The smallest absolute Gasteiger partial charge is 0.325 e. The number of nitrogen functional groups attached to an aromatic ring is 1. The lowest BCUT2D eigenvalue weighted by Crippen LogP contribution is -2.30. The molecule has 1 aromatic rings. The molecule has 104 valence electrons. The van der Waals surface area contributed by atoms with Crippen molar-refractivity contribution >= 4 is 17.6 Å². The monoisotopic (exact) mass is 268 g/mol. The molecular formula is C12H16N2O5. The molecule has 1 rings (SSSR count). The molecule has 0 radical (unpaired) electrons. The zero-order valence-electron chi connectivity index (χ0n) is 11.0. The molecule has 1 aromatic carbocycles. The van der Waals surface area contributed by atoms with Crippen LogP contribution in [0.5, 0.6) is 11.5 Å². The van der Waals surface area contributed by atoms with Crippen molar-refractivity contribution in [3.63, 3.8) is 0 Å². The second kappa shape index (κ2) is 6.48. The molecule has 0 fully saturated rings. The van der Waals surface area contributed by atoms with E-state index in [9.17, 15) is 9.59 Å². The lowest BCUT2D eigenvalue weighted by atomic mass is 10.1. The van der Waals surface area contributed by atoms with E-state index in [1.54, 1.807) is 6.07 Å². The van der Waals surface area contributed by atoms with E-state index in [1.165, 1.54) is 27.4 Å². The molecule has 0 aliphatic heterocycles. The molecule has 0 bridgehead atoms. The first-order chi connectivity index (χ1) is 9.03. The topological polar surface area (TPSA) is 99.9 Å². The lowest BCUT2D eigenvalue weighted by Gasteiger charge is -2.12. The molecule has 1 amide bonds. The Balaban J connectivity index is 2.98. The van der Waals surface area contributed by atoms with E-state index < -0.39 is 11.9 Å². The van der Waals surface area contributed by atoms with Gasteiger partial charge in [-0.3, -0.25) is 9.59 Å². The number of carbonyl (C=O) groups excluding carboxylic acids is 2. The molecule has 0 saturated carbocycles. The van der Waals surface area contributed by atoms with Crippen molar-refractivity contribution in [3.8, 4) is 11.5 Å². The van der Waals surface area contributed by atoms with E-state index in [0.717, 1.165) is 0 Å². The minimum Gasteiger partial charge on any atom is -0.497 e. The highest BCUT2D eigenvalue weighted by atomic mass is 16.5. The molecule has 0 atom stereocenters. The number of rotatable bonds is 5. The van der Waals surface area contributed by atoms with Gasteiger partial charge >= 0.3 is 5.97 Å². The first-order valence-corrected chi connectivity index (χ1v) is 5.40. The van der Waals surface area contributed by atoms with Gasteiger partial charge in [-0.25, -0.2) is 0 Å². The maximum absolute atomic E-state index is 11.9. The number of hydrogen-bond acceptors (Lipinski definition) is 6. The van der Waals surface area contributed by atoms with Crippen molar-refractivity contribution in [1.82, 2.24) is 5.32 Å². The van der Waals surface area contributed by atoms with Gasteiger partial charge in [0.1, 0.15) is 18.0 Å². The predicted molar refractivity (Wildman–Crippen MR) is 68.3 cm³/mol. The summed E-state index contributed by atoms with van der Waals surface area (Å²) in [6.07, 6.45) is 0. The Kier molecular flexibility index (Phi) is 4.99. The van der Waals surface area contributed by atoms with Crippen LogP contribution in [0.15, 0.2) is 12.1 Å². The summed E-state index contributed by atoms with van der Waals surface area (Å²) in [5.74, 6) is -0.321. The number of anilines is 1. The minimum absolute atomic E-state index is 0.167. The summed E-state index contributed by atoms with van der Waals surface area (Å²) in [6.45, 7) is -0.242. The Morgan fingerprint density at radius 2 is 1.89 bits per heavy atom. The third-order valence-electron chi connectivity index (χ3n) is 2.44. The van der Waals surface area contributed by atoms with Crippen LogP contribution in [0.25, 0.3) is 0 Å². The first kappa shape index (κ1) is 14.6. The van der Waals surface area contributed by atoms with E-state index in [4.69, 9.17) is 15.2 Å². The van der Waals surface area contributed by atoms with Crippen LogP contribution in [0, 0.1) is 0 Å². The Morgan fingerprint density at radius 3 is 2.42 bits per heavy atom. The van der Waals surface area contributed by atoms with Gasteiger partial charge in [-0.1, -0.05) is 0 Å². The van der Waals surface area contributed by atoms with E-state index in [2.05, 4.69) is 10.1 Å². The summed E-state index contributed by atoms with van der Waals surface area (Å²) >= 11 is 0. The largest absolute Gasteiger partial charge is 0.497 e. The number of esters is 1. The van der Waals surface area contributed by atoms with E-state index >= 15 is 0 Å². The van der Waals surface area contributed by atoms with Gasteiger partial charge in [0, 0.05) is 6.07 Å². The minimum atomic E-state index is -0.554. The molecule has 0 aromatic heterocycles. The number of carbonyl (C=O) groups is 2. The van der Waals surface area contributed by atoms with Crippen LogP contribution in [-0.4, -0.2) is 39.8 Å². The van der Waals surface area contributed by atoms with Crippen molar-refractivity contribution in [3.05, 3.63) is 17.7 Å². The third kappa shape index (κ3) is 3.51. The van der Waals surface area contributed by atoms with Crippen molar-refractivity contribution in [2.45, 2.75) is 0 Å². The molecule has 19 heavy (non-hydrogen) atoms. The summed E-state index contributed by atoms with van der Waals surface area (Å²) in [5, 5.41) is 2.39. The van der Waals surface area contributed by atoms with Gasteiger partial charge in [0.15, 0.2) is 0 Å². The van der Waals surface area contributed by atoms with Gasteiger partial charge in [-0.15, -0.1) is 0 Å². The van der Waals surface area contributed by atoms with Crippen LogP contribution < -0.4 is 20.5 Å². The average Bonchev–Trinajstić information content (AvgIpc) is 2.44. The highest BCUT2D eigenvalue weighted by Gasteiger charge is 2.16. The number of hydrogen-bond donors (Lipinski definition) is 2. The highest BCUT2D eigenvalue weighted by Crippen LogP contribution is 2.30. The summed E-state index contributed by atoms with van der Waals surface area (Å²) in [6, 6.07) is 3.02. The van der Waals surface area contributed by atoms with Gasteiger partial charge in [0.05, 0.1) is 32.6 Å². The summed E-state index contributed by atoms with van der Waals surface area (Å²) in [7, 11) is 4.12. The summed E-state index contributed by atoms with van der Waals surface area (Å²) in [4.78, 5) is 22.9. The van der Waals surface area contributed by atoms with Gasteiger partial charge in [0.2, 0.25) is 0 Å². The Hall–Kier alpha value is -2.44. The molecule has 0 spiro atoms. The van der Waals surface area contributed by atoms with Crippen LogP contribution in [0.4, 0.5) is 5.69 Å². The van der Waals surface area contributed by atoms with Crippen molar-refractivity contribution in [2.75, 3.05) is 33.6 Å². The molecule has 0 unspecified atom stereocenters. The van der Waals surface area contributed by atoms with Crippen LogP contribution in [0.3, 0.4) is 0 Å². The fourth-order valence-electron chi connectivity index (χ4n) is 1.40. The Morgan fingerprint density at radius 1 is 1.21 bits per heavy atom. The highest BCUT2D eigenvalue weighted by molar-refractivity contribution is 6.02. The van der Waals surface area contributed by atoms with Gasteiger partial charge in [-0.2, -0.15) is 0 Å². The zero-order chi connectivity index (χ0) is 14.4. The van der Waals surface area contributed by atoms with E-state index in [0.29, 0.717) is 11.5 Å². The molecule has 0 saturated heterocycles. The normalized spacial score (nSPS) is 9.63. The maximum atomic E-state index is 11.9. The second-order valence-corrected chi connectivity index (χ2v) is 3.55. The Labute approximate surface area is 110 Å². The van der Waals surface area contributed by atoms with Crippen LogP contribution in [0.2, 0.25) is 0 Å². The van der Waals surface area contributed by atoms with Crippen LogP contribution in [-0.2, 0) is 9.53 Å². The molecule has 3 N–H and O–H groups in total. The Bertz CT molecular complexity index is 487. The molecule has 0 aliphatic rings. The average molecular weight is 268 g/mol.